The molecule has 0 aromatic carbocycles. The van der Waals surface area contributed by atoms with Crippen LogP contribution in [0.1, 0.15) is 361 Å². The summed E-state index contributed by atoms with van der Waals surface area (Å²) in [5, 5.41) is 121. The van der Waals surface area contributed by atoms with Crippen LogP contribution >= 0.6 is 0 Å². The number of carbonyl (C=O) groups excluding carboxylic acids is 1. The Morgan fingerprint density at radius 3 is 0.990 bits per heavy atom. The van der Waals surface area contributed by atoms with Gasteiger partial charge in [0.25, 0.3) is 0 Å². The number of unbranched alkanes of at least 4 members (excludes halogenated alkanes) is 50. The van der Waals surface area contributed by atoms with Gasteiger partial charge in [0.05, 0.1) is 38.6 Å². The minimum atomic E-state index is -1.98. The van der Waals surface area contributed by atoms with Crippen molar-refractivity contribution in [2.45, 2.75) is 465 Å². The standard InChI is InChI=1S/C82H155NO18/c1-3-5-7-9-11-13-15-17-19-21-23-25-26-27-28-29-30-31-32-33-34-35-36-37-38-39-40-42-44-46-48-50-52-54-56-58-60-70(88)83-65(66(87)59-57-55-53-51-49-47-45-43-41-24-22-20-18-16-14-12-10-8-6-4-2)64-96-80-76(94)73(91)78(68(62-85)98-80)101-82-77(95)74(92)79(69(63-86)99-82)100-81-75(93)72(90)71(89)67(61-84)97-81/h49,51,57,59,65-69,71-82,84-87,89-95H,3-48,50,52-56,58,60-64H2,1-2H3,(H,83,88)/b51-49+,59-57+. The predicted molar refractivity (Wildman–Crippen MR) is 402 cm³/mol. The molecule has 0 radical (unpaired) electrons. The normalized spacial score (nSPS) is 26.4. The summed E-state index contributed by atoms with van der Waals surface area (Å²) in [5.74, 6) is -0.277. The van der Waals surface area contributed by atoms with Crippen molar-refractivity contribution in [1.82, 2.24) is 5.32 Å². The molecule has 0 bridgehead atoms. The molecule has 19 nitrogen and oxygen atoms in total. The zero-order chi connectivity index (χ0) is 73.2. The van der Waals surface area contributed by atoms with Gasteiger partial charge in [0, 0.05) is 6.42 Å². The molecule has 17 atom stereocenters. The van der Waals surface area contributed by atoms with Crippen molar-refractivity contribution in [2.75, 3.05) is 26.4 Å². The van der Waals surface area contributed by atoms with Gasteiger partial charge < -0.3 is 89.9 Å². The van der Waals surface area contributed by atoms with E-state index in [1.54, 1.807) is 6.08 Å². The lowest BCUT2D eigenvalue weighted by molar-refractivity contribution is -0.379. The first kappa shape index (κ1) is 93.5. The van der Waals surface area contributed by atoms with Crippen LogP contribution in [0.25, 0.3) is 0 Å². The van der Waals surface area contributed by atoms with Gasteiger partial charge in [-0.2, -0.15) is 0 Å². The first-order valence-electron chi connectivity index (χ1n) is 42.1. The molecule has 17 unspecified atom stereocenters. The van der Waals surface area contributed by atoms with Crippen molar-refractivity contribution in [1.29, 1.82) is 0 Å². The van der Waals surface area contributed by atoms with E-state index in [4.69, 9.17) is 28.4 Å². The van der Waals surface area contributed by atoms with E-state index in [9.17, 15) is 61.0 Å². The van der Waals surface area contributed by atoms with Crippen molar-refractivity contribution < 1.29 is 89.4 Å². The molecule has 0 aliphatic carbocycles. The molecule has 596 valence electrons. The fourth-order valence-corrected chi connectivity index (χ4v) is 14.5. The molecule has 3 aliphatic heterocycles. The number of rotatable bonds is 68. The third kappa shape index (κ3) is 43.2. The van der Waals surface area contributed by atoms with Gasteiger partial charge in [-0.3, -0.25) is 4.79 Å². The highest BCUT2D eigenvalue weighted by Gasteiger charge is 2.54. The summed E-state index contributed by atoms with van der Waals surface area (Å²) in [6.07, 6.45) is 50.5. The summed E-state index contributed by atoms with van der Waals surface area (Å²) in [4.78, 5) is 13.5. The van der Waals surface area contributed by atoms with E-state index in [1.165, 1.54) is 289 Å². The van der Waals surface area contributed by atoms with E-state index >= 15 is 0 Å². The third-order valence-corrected chi connectivity index (χ3v) is 21.3. The van der Waals surface area contributed by atoms with Crippen LogP contribution in [0.3, 0.4) is 0 Å². The van der Waals surface area contributed by atoms with Crippen LogP contribution in [-0.2, 0) is 33.2 Å². The highest BCUT2D eigenvalue weighted by molar-refractivity contribution is 5.76. The molecule has 12 N–H and O–H groups in total. The lowest BCUT2D eigenvalue weighted by Crippen LogP contribution is -2.66. The smallest absolute Gasteiger partial charge is 0.220 e. The number of allylic oxidation sites excluding steroid dienone is 3. The van der Waals surface area contributed by atoms with Crippen molar-refractivity contribution in [3.63, 3.8) is 0 Å². The highest BCUT2D eigenvalue weighted by Crippen LogP contribution is 2.33. The zero-order valence-corrected chi connectivity index (χ0v) is 63.9. The molecule has 0 spiro atoms. The van der Waals surface area contributed by atoms with Crippen LogP contribution in [0.2, 0.25) is 0 Å². The highest BCUT2D eigenvalue weighted by atomic mass is 16.8. The van der Waals surface area contributed by atoms with Gasteiger partial charge in [0.1, 0.15) is 73.2 Å². The molecule has 3 fully saturated rings. The molecule has 101 heavy (non-hydrogen) atoms. The average Bonchev–Trinajstić information content (AvgIpc) is 0.783. The van der Waals surface area contributed by atoms with Gasteiger partial charge in [-0.05, 0) is 32.1 Å². The maximum absolute atomic E-state index is 13.5. The molecule has 3 aliphatic rings. The van der Waals surface area contributed by atoms with Gasteiger partial charge in [-0.25, -0.2) is 0 Å². The summed E-state index contributed by atoms with van der Waals surface area (Å²) in [7, 11) is 0. The Balaban J connectivity index is 1.33. The predicted octanol–water partition coefficient (Wildman–Crippen LogP) is 14.5. The second-order valence-electron chi connectivity index (χ2n) is 30.3. The number of hydrogen-bond donors (Lipinski definition) is 12. The average molecular weight is 1440 g/mol. The molecule has 19 heteroatoms. The van der Waals surface area contributed by atoms with Crippen LogP contribution in [0.5, 0.6) is 0 Å². The van der Waals surface area contributed by atoms with E-state index in [0.717, 1.165) is 38.5 Å². The summed E-state index contributed by atoms with van der Waals surface area (Å²) in [5.41, 5.74) is 0. The second kappa shape index (κ2) is 63.2. The maximum atomic E-state index is 13.5. The summed E-state index contributed by atoms with van der Waals surface area (Å²) >= 11 is 0. The Kier molecular flexibility index (Phi) is 58.5. The third-order valence-electron chi connectivity index (χ3n) is 21.3. The summed E-state index contributed by atoms with van der Waals surface area (Å²) in [6, 6.07) is -0.988. The lowest BCUT2D eigenvalue weighted by Gasteiger charge is -2.48. The Labute approximate surface area is 613 Å². The van der Waals surface area contributed by atoms with Crippen LogP contribution in [0.15, 0.2) is 24.3 Å². The topological polar surface area (TPSA) is 307 Å². The van der Waals surface area contributed by atoms with Gasteiger partial charge in [0.15, 0.2) is 18.9 Å². The number of aliphatic hydroxyl groups is 11. The molecular formula is C82H155NO18. The quantitative estimate of drug-likeness (QED) is 0.0199. The maximum Gasteiger partial charge on any atom is 0.220 e. The minimum absolute atomic E-state index is 0.241. The number of ether oxygens (including phenoxy) is 6. The molecule has 0 aromatic heterocycles. The number of amides is 1. The summed E-state index contributed by atoms with van der Waals surface area (Å²) in [6.45, 7) is 1.78. The van der Waals surface area contributed by atoms with Crippen LogP contribution in [-0.4, -0.2) is 193 Å². The fraction of sp³-hybridized carbons (Fsp3) is 0.939. The molecular weight excluding hydrogens is 1290 g/mol. The fourth-order valence-electron chi connectivity index (χ4n) is 14.5. The molecule has 0 saturated carbocycles. The first-order chi connectivity index (χ1) is 49.3. The van der Waals surface area contributed by atoms with Crippen LogP contribution in [0, 0.1) is 0 Å². The lowest BCUT2D eigenvalue weighted by atomic mass is 9.96. The van der Waals surface area contributed by atoms with E-state index in [-0.39, 0.29) is 18.9 Å². The second-order valence-corrected chi connectivity index (χ2v) is 30.3. The Hall–Kier alpha value is -1.73. The van der Waals surface area contributed by atoms with E-state index in [2.05, 4.69) is 31.3 Å². The zero-order valence-electron chi connectivity index (χ0n) is 63.9. The number of carbonyl (C=O) groups is 1. The van der Waals surface area contributed by atoms with E-state index < -0.39 is 124 Å². The van der Waals surface area contributed by atoms with Gasteiger partial charge >= 0.3 is 0 Å². The summed E-state index contributed by atoms with van der Waals surface area (Å²) < 4.78 is 34.4. The number of aliphatic hydroxyl groups excluding tert-OH is 11. The monoisotopic (exact) mass is 1440 g/mol. The molecule has 3 heterocycles. The van der Waals surface area contributed by atoms with Gasteiger partial charge in [-0.15, -0.1) is 0 Å². The van der Waals surface area contributed by atoms with Crippen LogP contribution < -0.4 is 5.32 Å². The molecule has 1 amide bonds. The minimum Gasteiger partial charge on any atom is -0.394 e. The van der Waals surface area contributed by atoms with Gasteiger partial charge in [-0.1, -0.05) is 346 Å². The molecule has 3 rings (SSSR count). The van der Waals surface area contributed by atoms with Crippen LogP contribution in [0.4, 0.5) is 0 Å². The Morgan fingerprint density at radius 2 is 0.634 bits per heavy atom. The van der Waals surface area contributed by atoms with Crippen molar-refractivity contribution in [3.05, 3.63) is 24.3 Å². The SMILES string of the molecule is CCCCCCCCCCCCCCCC/C=C/CC/C=C/C(O)C(COC1OC(CO)C(OC2OC(CO)C(OC3OC(CO)C(O)C(O)C3O)C(O)C2O)C(O)C1O)NC(=O)CCCCCCCCCCCCCCCCCCCCCCCCCCCCCCCCCCCCCC. The van der Waals surface area contributed by atoms with Crippen molar-refractivity contribution >= 4 is 5.91 Å². The first-order valence-corrected chi connectivity index (χ1v) is 42.1. The number of nitrogens with one attached hydrogen (secondary N) is 1. The van der Waals surface area contributed by atoms with Gasteiger partial charge in [0.2, 0.25) is 5.91 Å². The largest absolute Gasteiger partial charge is 0.394 e. The Morgan fingerprint density at radius 1 is 0.347 bits per heavy atom. The van der Waals surface area contributed by atoms with E-state index in [0.29, 0.717) is 12.8 Å². The number of hydrogen-bond acceptors (Lipinski definition) is 18. The van der Waals surface area contributed by atoms with E-state index in [1.807, 2.05) is 6.08 Å². The Bertz CT molecular complexity index is 1920. The van der Waals surface area contributed by atoms with Crippen molar-refractivity contribution in [2.24, 2.45) is 0 Å². The van der Waals surface area contributed by atoms with Crippen molar-refractivity contribution in [3.8, 4) is 0 Å². The molecule has 3 saturated heterocycles. The molecule has 0 aromatic rings.